The second-order valence-electron chi connectivity index (χ2n) is 5.41. The molecule has 1 N–H and O–H groups in total. The van der Waals surface area contributed by atoms with Crippen LogP contribution in [0.15, 0.2) is 53.7 Å². The largest absolute Gasteiger partial charge is 0.497 e. The van der Waals surface area contributed by atoms with Crippen molar-refractivity contribution in [3.63, 3.8) is 0 Å². The number of carbonyl (C=O) groups excluding carboxylic acids is 1. The van der Waals surface area contributed by atoms with Gasteiger partial charge in [0.25, 0.3) is 5.91 Å². The van der Waals surface area contributed by atoms with Crippen LogP contribution < -0.4 is 10.1 Å². The van der Waals surface area contributed by atoms with Gasteiger partial charge in [-0.05, 0) is 29.8 Å². The van der Waals surface area contributed by atoms with Gasteiger partial charge in [0.1, 0.15) is 11.6 Å². The van der Waals surface area contributed by atoms with E-state index >= 15 is 0 Å². The average molecular weight is 328 g/mol. The van der Waals surface area contributed by atoms with E-state index < -0.39 is 6.10 Å². The maximum Gasteiger partial charge on any atom is 0.264 e. The summed E-state index contributed by atoms with van der Waals surface area (Å²) in [6, 6.07) is 13.4. The molecule has 1 amide bonds. The molecular formula is C18H17FN2O3. The standard InChI is InChI=1S/C18H17FN2O3/c1-23-15-4-2-3-13(9-15)16-10-17(24-21-16)18(22)20-11-12-5-7-14(19)8-6-12/h2-9,17H,10-11H2,1H3,(H,20,22)/t17-/m0/s1. The van der Waals surface area contributed by atoms with Crippen molar-refractivity contribution >= 4 is 11.6 Å². The number of benzene rings is 2. The van der Waals surface area contributed by atoms with Gasteiger partial charge in [-0.15, -0.1) is 0 Å². The lowest BCUT2D eigenvalue weighted by Gasteiger charge is -2.09. The van der Waals surface area contributed by atoms with Crippen LogP contribution in [0.25, 0.3) is 0 Å². The van der Waals surface area contributed by atoms with Crippen LogP contribution in [0.2, 0.25) is 0 Å². The maximum absolute atomic E-state index is 12.9. The van der Waals surface area contributed by atoms with E-state index in [9.17, 15) is 9.18 Å². The molecule has 0 fully saturated rings. The number of hydrogen-bond donors (Lipinski definition) is 1. The Kier molecular flexibility index (Phi) is 4.74. The molecule has 1 atom stereocenters. The number of halogens is 1. The summed E-state index contributed by atoms with van der Waals surface area (Å²) in [5, 5.41) is 6.77. The number of carbonyl (C=O) groups is 1. The van der Waals surface area contributed by atoms with E-state index in [1.807, 2.05) is 24.3 Å². The van der Waals surface area contributed by atoms with Crippen molar-refractivity contribution < 1.29 is 18.8 Å². The molecule has 5 nitrogen and oxygen atoms in total. The fourth-order valence-corrected chi connectivity index (χ4v) is 2.40. The first-order valence-corrected chi connectivity index (χ1v) is 7.55. The van der Waals surface area contributed by atoms with E-state index in [1.165, 1.54) is 12.1 Å². The van der Waals surface area contributed by atoms with Gasteiger partial charge in [0.2, 0.25) is 6.10 Å². The number of hydrogen-bond acceptors (Lipinski definition) is 4. The highest BCUT2D eigenvalue weighted by atomic mass is 19.1. The first-order chi connectivity index (χ1) is 11.7. The fourth-order valence-electron chi connectivity index (χ4n) is 2.40. The Labute approximate surface area is 139 Å². The van der Waals surface area contributed by atoms with Crippen LogP contribution in [-0.4, -0.2) is 24.8 Å². The molecule has 24 heavy (non-hydrogen) atoms. The molecule has 0 saturated carbocycles. The van der Waals surface area contributed by atoms with Crippen LogP contribution in [0.3, 0.4) is 0 Å². The highest BCUT2D eigenvalue weighted by molar-refractivity contribution is 6.04. The molecule has 0 spiro atoms. The highest BCUT2D eigenvalue weighted by Gasteiger charge is 2.28. The van der Waals surface area contributed by atoms with Gasteiger partial charge in [0.15, 0.2) is 0 Å². The number of nitrogens with one attached hydrogen (secondary N) is 1. The van der Waals surface area contributed by atoms with Crippen LogP contribution >= 0.6 is 0 Å². The molecule has 0 radical (unpaired) electrons. The molecule has 2 aromatic carbocycles. The van der Waals surface area contributed by atoms with Crippen LogP contribution in [0.5, 0.6) is 5.75 Å². The minimum absolute atomic E-state index is 0.249. The summed E-state index contributed by atoms with van der Waals surface area (Å²) < 4.78 is 18.0. The van der Waals surface area contributed by atoms with Crippen molar-refractivity contribution in [2.45, 2.75) is 19.1 Å². The number of amides is 1. The predicted octanol–water partition coefficient (Wildman–Crippen LogP) is 2.64. The average Bonchev–Trinajstić information content (AvgIpc) is 3.11. The number of methoxy groups -OCH3 is 1. The monoisotopic (exact) mass is 328 g/mol. The van der Waals surface area contributed by atoms with Crippen molar-refractivity contribution in [1.29, 1.82) is 0 Å². The van der Waals surface area contributed by atoms with Gasteiger partial charge in [0, 0.05) is 18.5 Å². The Morgan fingerprint density at radius 2 is 2.12 bits per heavy atom. The van der Waals surface area contributed by atoms with Gasteiger partial charge < -0.3 is 14.9 Å². The quantitative estimate of drug-likeness (QED) is 0.918. The molecule has 0 aromatic heterocycles. The molecule has 1 aliphatic heterocycles. The number of oxime groups is 1. The van der Waals surface area contributed by atoms with Gasteiger partial charge in [-0.1, -0.05) is 29.4 Å². The topological polar surface area (TPSA) is 59.9 Å². The lowest BCUT2D eigenvalue weighted by atomic mass is 10.0. The summed E-state index contributed by atoms with van der Waals surface area (Å²) >= 11 is 0. The van der Waals surface area contributed by atoms with Crippen molar-refractivity contribution in [3.05, 3.63) is 65.5 Å². The smallest absolute Gasteiger partial charge is 0.264 e. The van der Waals surface area contributed by atoms with Gasteiger partial charge in [-0.25, -0.2) is 4.39 Å². The first-order valence-electron chi connectivity index (χ1n) is 7.55. The van der Waals surface area contributed by atoms with Crippen LogP contribution in [0, 0.1) is 5.82 Å². The molecular weight excluding hydrogens is 311 g/mol. The molecule has 0 saturated heterocycles. The Bertz CT molecular complexity index is 759. The van der Waals surface area contributed by atoms with E-state index in [4.69, 9.17) is 9.57 Å². The number of rotatable bonds is 5. The Morgan fingerprint density at radius 1 is 1.33 bits per heavy atom. The van der Waals surface area contributed by atoms with Gasteiger partial charge in [-0.2, -0.15) is 0 Å². The van der Waals surface area contributed by atoms with Crippen molar-refractivity contribution in [1.82, 2.24) is 5.32 Å². The third-order valence-electron chi connectivity index (χ3n) is 3.74. The SMILES string of the molecule is COc1cccc(C2=NO[C@H](C(=O)NCc3ccc(F)cc3)C2)c1. The third-order valence-corrected chi connectivity index (χ3v) is 3.74. The molecule has 0 unspecified atom stereocenters. The first kappa shape index (κ1) is 16.0. The molecule has 0 aliphatic carbocycles. The van der Waals surface area contributed by atoms with Crippen LogP contribution in [0.1, 0.15) is 17.5 Å². The predicted molar refractivity (Wildman–Crippen MR) is 87.3 cm³/mol. The second kappa shape index (κ2) is 7.12. The summed E-state index contributed by atoms with van der Waals surface area (Å²) in [4.78, 5) is 17.4. The normalized spacial score (nSPS) is 16.2. The number of nitrogens with zero attached hydrogens (tertiary/aromatic N) is 1. The molecule has 2 aromatic rings. The molecule has 124 valence electrons. The molecule has 3 rings (SSSR count). The molecule has 6 heteroatoms. The van der Waals surface area contributed by atoms with Crippen molar-refractivity contribution in [2.24, 2.45) is 5.16 Å². The Hall–Kier alpha value is -2.89. The number of ether oxygens (including phenoxy) is 1. The van der Waals surface area contributed by atoms with E-state index in [0.717, 1.165) is 16.9 Å². The molecule has 1 heterocycles. The molecule has 1 aliphatic rings. The van der Waals surface area contributed by atoms with E-state index in [-0.39, 0.29) is 11.7 Å². The Balaban J connectivity index is 1.55. The zero-order valence-corrected chi connectivity index (χ0v) is 13.2. The summed E-state index contributed by atoms with van der Waals surface area (Å²) in [5.41, 5.74) is 2.38. The van der Waals surface area contributed by atoms with E-state index in [1.54, 1.807) is 19.2 Å². The summed E-state index contributed by atoms with van der Waals surface area (Å²) in [6.45, 7) is 0.313. The molecule has 0 bridgehead atoms. The lowest BCUT2D eigenvalue weighted by Crippen LogP contribution is -2.34. The zero-order valence-electron chi connectivity index (χ0n) is 13.2. The van der Waals surface area contributed by atoms with E-state index in [0.29, 0.717) is 18.7 Å². The minimum atomic E-state index is -0.661. The van der Waals surface area contributed by atoms with Crippen molar-refractivity contribution in [3.8, 4) is 5.75 Å². The van der Waals surface area contributed by atoms with Gasteiger partial charge in [-0.3, -0.25) is 4.79 Å². The van der Waals surface area contributed by atoms with Crippen molar-refractivity contribution in [2.75, 3.05) is 7.11 Å². The summed E-state index contributed by atoms with van der Waals surface area (Å²) in [6.07, 6.45) is -0.269. The highest BCUT2D eigenvalue weighted by Crippen LogP contribution is 2.20. The van der Waals surface area contributed by atoms with Gasteiger partial charge in [0.05, 0.1) is 12.8 Å². The van der Waals surface area contributed by atoms with Crippen LogP contribution in [0.4, 0.5) is 4.39 Å². The summed E-state index contributed by atoms with van der Waals surface area (Å²) in [5.74, 6) is 0.168. The Morgan fingerprint density at radius 3 is 2.88 bits per heavy atom. The van der Waals surface area contributed by atoms with Crippen LogP contribution in [-0.2, 0) is 16.2 Å². The zero-order chi connectivity index (χ0) is 16.9. The van der Waals surface area contributed by atoms with E-state index in [2.05, 4.69) is 10.5 Å². The third kappa shape index (κ3) is 3.71. The minimum Gasteiger partial charge on any atom is -0.497 e. The fraction of sp³-hybridized carbons (Fsp3) is 0.222. The summed E-state index contributed by atoms with van der Waals surface area (Å²) in [7, 11) is 1.60. The second-order valence-corrected chi connectivity index (χ2v) is 5.41. The maximum atomic E-state index is 12.9. The lowest BCUT2D eigenvalue weighted by molar-refractivity contribution is -0.131. The van der Waals surface area contributed by atoms with Gasteiger partial charge >= 0.3 is 0 Å².